The van der Waals surface area contributed by atoms with Gasteiger partial charge in [-0.05, 0) is 37.2 Å². The topological polar surface area (TPSA) is 81.1 Å². The van der Waals surface area contributed by atoms with Crippen molar-refractivity contribution < 1.29 is 9.90 Å². The van der Waals surface area contributed by atoms with Crippen LogP contribution in [-0.4, -0.2) is 38.2 Å². The van der Waals surface area contributed by atoms with Gasteiger partial charge in [0.15, 0.2) is 5.69 Å². The number of imidazole rings is 1. The second kappa shape index (κ2) is 5.17. The summed E-state index contributed by atoms with van der Waals surface area (Å²) in [4.78, 5) is 15.8. The summed E-state index contributed by atoms with van der Waals surface area (Å²) < 4.78 is 2.10. The standard InChI is InChI=1S/C13H19N3O2S/c14-9-1-2-10-11(13(17)18)15-12(16(10)7-9)8-3-5-19-6-4-8/h8-9H,1-7,14H2,(H,17,18). The number of hydrogen-bond acceptors (Lipinski definition) is 4. The van der Waals surface area contributed by atoms with Gasteiger partial charge in [-0.1, -0.05) is 0 Å². The van der Waals surface area contributed by atoms with E-state index in [1.807, 2.05) is 11.8 Å². The number of aromatic nitrogens is 2. The van der Waals surface area contributed by atoms with Gasteiger partial charge in [0.25, 0.3) is 0 Å². The molecule has 1 saturated heterocycles. The number of fused-ring (bicyclic) bond motifs is 1. The molecule has 3 heterocycles. The van der Waals surface area contributed by atoms with E-state index in [9.17, 15) is 9.90 Å². The maximum Gasteiger partial charge on any atom is 0.356 e. The molecule has 0 radical (unpaired) electrons. The lowest BCUT2D eigenvalue weighted by Crippen LogP contribution is -2.33. The lowest BCUT2D eigenvalue weighted by Gasteiger charge is -2.26. The predicted molar refractivity (Wildman–Crippen MR) is 74.8 cm³/mol. The summed E-state index contributed by atoms with van der Waals surface area (Å²) in [7, 11) is 0. The molecule has 0 saturated carbocycles. The van der Waals surface area contributed by atoms with E-state index in [1.54, 1.807) is 0 Å². The van der Waals surface area contributed by atoms with Crippen LogP contribution in [0.3, 0.4) is 0 Å². The van der Waals surface area contributed by atoms with Crippen LogP contribution in [0, 0.1) is 0 Å². The Morgan fingerprint density at radius 2 is 2.11 bits per heavy atom. The Labute approximate surface area is 116 Å². The Bertz CT molecular complexity index is 494. The van der Waals surface area contributed by atoms with E-state index in [-0.39, 0.29) is 11.7 Å². The van der Waals surface area contributed by atoms with Gasteiger partial charge in [0, 0.05) is 18.5 Å². The van der Waals surface area contributed by atoms with Crippen molar-refractivity contribution >= 4 is 17.7 Å². The highest BCUT2D eigenvalue weighted by Gasteiger charge is 2.30. The van der Waals surface area contributed by atoms with E-state index in [0.717, 1.165) is 48.7 Å². The van der Waals surface area contributed by atoms with E-state index in [4.69, 9.17) is 5.73 Å². The Balaban J connectivity index is 2.01. The third kappa shape index (κ3) is 2.39. The number of nitrogens with zero attached hydrogens (tertiary/aromatic N) is 2. The van der Waals surface area contributed by atoms with Gasteiger partial charge < -0.3 is 15.4 Å². The van der Waals surface area contributed by atoms with Crippen LogP contribution in [-0.2, 0) is 13.0 Å². The number of rotatable bonds is 2. The number of carbonyl (C=O) groups is 1. The molecule has 0 spiro atoms. The number of carboxylic acids is 1. The number of aromatic carboxylic acids is 1. The summed E-state index contributed by atoms with van der Waals surface area (Å²) in [5.74, 6) is 2.74. The van der Waals surface area contributed by atoms with Crippen molar-refractivity contribution in [3.63, 3.8) is 0 Å². The molecule has 3 rings (SSSR count). The summed E-state index contributed by atoms with van der Waals surface area (Å²) in [6.45, 7) is 0.717. The zero-order chi connectivity index (χ0) is 13.4. The molecular formula is C13H19N3O2S. The molecule has 6 heteroatoms. The maximum absolute atomic E-state index is 11.3. The van der Waals surface area contributed by atoms with Gasteiger partial charge in [-0.3, -0.25) is 0 Å². The summed E-state index contributed by atoms with van der Waals surface area (Å²) >= 11 is 1.97. The van der Waals surface area contributed by atoms with Gasteiger partial charge in [-0.15, -0.1) is 0 Å². The first-order valence-electron chi connectivity index (χ1n) is 6.82. The van der Waals surface area contributed by atoms with Crippen molar-refractivity contribution in [2.24, 2.45) is 5.73 Å². The van der Waals surface area contributed by atoms with Gasteiger partial charge in [0.2, 0.25) is 0 Å². The Morgan fingerprint density at radius 3 is 2.79 bits per heavy atom. The van der Waals surface area contributed by atoms with Gasteiger partial charge in [0.1, 0.15) is 5.82 Å². The smallest absolute Gasteiger partial charge is 0.356 e. The Hall–Kier alpha value is -1.01. The van der Waals surface area contributed by atoms with Gasteiger partial charge in [-0.2, -0.15) is 11.8 Å². The molecule has 5 nitrogen and oxygen atoms in total. The second-order valence-electron chi connectivity index (χ2n) is 5.37. The first-order chi connectivity index (χ1) is 9.16. The minimum absolute atomic E-state index is 0.125. The molecule has 0 bridgehead atoms. The van der Waals surface area contributed by atoms with Crippen molar-refractivity contribution in [3.8, 4) is 0 Å². The molecule has 19 heavy (non-hydrogen) atoms. The Morgan fingerprint density at radius 1 is 1.37 bits per heavy atom. The first-order valence-corrected chi connectivity index (χ1v) is 7.98. The van der Waals surface area contributed by atoms with Crippen molar-refractivity contribution in [3.05, 3.63) is 17.2 Å². The lowest BCUT2D eigenvalue weighted by atomic mass is 10.0. The summed E-state index contributed by atoms with van der Waals surface area (Å²) in [6, 6.07) is 0.125. The quantitative estimate of drug-likeness (QED) is 0.858. The molecule has 104 valence electrons. The van der Waals surface area contributed by atoms with Crippen LogP contribution in [0.1, 0.15) is 47.2 Å². The van der Waals surface area contributed by atoms with E-state index >= 15 is 0 Å². The molecule has 1 atom stereocenters. The van der Waals surface area contributed by atoms with Crippen LogP contribution in [0.4, 0.5) is 0 Å². The molecule has 2 aliphatic heterocycles. The molecule has 1 aromatic rings. The summed E-state index contributed by atoms with van der Waals surface area (Å²) in [5, 5.41) is 9.31. The lowest BCUT2D eigenvalue weighted by molar-refractivity contribution is 0.0689. The molecule has 2 aliphatic rings. The summed E-state index contributed by atoms with van der Waals surface area (Å²) in [6.07, 6.45) is 3.77. The monoisotopic (exact) mass is 281 g/mol. The number of hydrogen-bond donors (Lipinski definition) is 2. The molecular weight excluding hydrogens is 262 g/mol. The average molecular weight is 281 g/mol. The molecule has 3 N–H and O–H groups in total. The predicted octanol–water partition coefficient (Wildman–Crippen LogP) is 1.47. The average Bonchev–Trinajstić information content (AvgIpc) is 2.78. The van der Waals surface area contributed by atoms with Crippen molar-refractivity contribution in [1.29, 1.82) is 0 Å². The van der Waals surface area contributed by atoms with Gasteiger partial charge >= 0.3 is 5.97 Å². The first kappa shape index (κ1) is 13.0. The fourth-order valence-corrected chi connectivity index (χ4v) is 4.16. The van der Waals surface area contributed by atoms with Gasteiger partial charge in [-0.25, -0.2) is 9.78 Å². The molecule has 0 amide bonds. The zero-order valence-electron chi connectivity index (χ0n) is 10.8. The van der Waals surface area contributed by atoms with Crippen molar-refractivity contribution in [2.45, 2.75) is 44.2 Å². The third-order valence-corrected chi connectivity index (χ3v) is 5.11. The zero-order valence-corrected chi connectivity index (χ0v) is 11.7. The Kier molecular flexibility index (Phi) is 3.54. The minimum Gasteiger partial charge on any atom is -0.476 e. The number of thioether (sulfide) groups is 1. The largest absolute Gasteiger partial charge is 0.476 e. The van der Waals surface area contributed by atoms with Crippen LogP contribution < -0.4 is 5.73 Å². The molecule has 0 aliphatic carbocycles. The van der Waals surface area contributed by atoms with Crippen LogP contribution >= 0.6 is 11.8 Å². The highest BCUT2D eigenvalue weighted by Crippen LogP contribution is 2.33. The van der Waals surface area contributed by atoms with Crippen LogP contribution in [0.15, 0.2) is 0 Å². The third-order valence-electron chi connectivity index (χ3n) is 4.06. The highest BCUT2D eigenvalue weighted by molar-refractivity contribution is 7.99. The highest BCUT2D eigenvalue weighted by atomic mass is 32.2. The second-order valence-corrected chi connectivity index (χ2v) is 6.59. The SMILES string of the molecule is NC1CCc2c(C(=O)O)nc(C3CCSCC3)n2C1. The van der Waals surface area contributed by atoms with E-state index in [0.29, 0.717) is 12.5 Å². The van der Waals surface area contributed by atoms with Crippen LogP contribution in [0.25, 0.3) is 0 Å². The molecule has 0 aromatic carbocycles. The van der Waals surface area contributed by atoms with E-state index < -0.39 is 5.97 Å². The van der Waals surface area contributed by atoms with Crippen LogP contribution in [0.5, 0.6) is 0 Å². The maximum atomic E-state index is 11.3. The normalized spacial score (nSPS) is 24.2. The van der Waals surface area contributed by atoms with E-state index in [2.05, 4.69) is 9.55 Å². The minimum atomic E-state index is -0.907. The number of carboxylic acid groups (broad SMARTS) is 1. The molecule has 1 unspecified atom stereocenters. The fourth-order valence-electron chi connectivity index (χ4n) is 3.05. The van der Waals surface area contributed by atoms with E-state index in [1.165, 1.54) is 0 Å². The fraction of sp³-hybridized carbons (Fsp3) is 0.692. The summed E-state index contributed by atoms with van der Waals surface area (Å²) in [5.41, 5.74) is 7.16. The van der Waals surface area contributed by atoms with Crippen molar-refractivity contribution in [2.75, 3.05) is 11.5 Å². The molecule has 1 fully saturated rings. The number of nitrogens with two attached hydrogens (primary N) is 1. The molecule has 1 aromatic heterocycles. The van der Waals surface area contributed by atoms with Gasteiger partial charge in [0.05, 0.1) is 5.69 Å². The van der Waals surface area contributed by atoms with Crippen LogP contribution in [0.2, 0.25) is 0 Å². The van der Waals surface area contributed by atoms with Crippen molar-refractivity contribution in [1.82, 2.24) is 9.55 Å².